The lowest BCUT2D eigenvalue weighted by molar-refractivity contribution is -0.117. The standard InChI is InChI=1S/C9H11N3OS/c1-6(8(10)14)9(13)12-7-2-4-11-5-3-7/h2-6H,1H3,(H2,10,14)(H,11,12,13). The molecule has 0 fully saturated rings. The maximum Gasteiger partial charge on any atom is 0.234 e. The van der Waals surface area contributed by atoms with Crippen LogP contribution in [-0.4, -0.2) is 15.9 Å². The summed E-state index contributed by atoms with van der Waals surface area (Å²) in [4.78, 5) is 15.5. The van der Waals surface area contributed by atoms with Gasteiger partial charge in [0.2, 0.25) is 5.91 Å². The van der Waals surface area contributed by atoms with Gasteiger partial charge in [0, 0.05) is 18.1 Å². The summed E-state index contributed by atoms with van der Waals surface area (Å²) < 4.78 is 0. The molecule has 0 aliphatic heterocycles. The van der Waals surface area contributed by atoms with Crippen molar-refractivity contribution in [1.82, 2.24) is 4.98 Å². The second-order valence-corrected chi connectivity index (χ2v) is 3.32. The van der Waals surface area contributed by atoms with Crippen LogP contribution >= 0.6 is 12.2 Å². The van der Waals surface area contributed by atoms with Crippen molar-refractivity contribution in [3.8, 4) is 0 Å². The third-order valence-electron chi connectivity index (χ3n) is 1.77. The molecule has 0 aliphatic carbocycles. The molecule has 4 nitrogen and oxygen atoms in total. The predicted molar refractivity (Wildman–Crippen MR) is 58.8 cm³/mol. The number of rotatable bonds is 3. The molecule has 1 unspecified atom stereocenters. The fraction of sp³-hybridized carbons (Fsp3) is 0.222. The number of nitrogens with zero attached hydrogens (tertiary/aromatic N) is 1. The molecule has 0 bridgehead atoms. The fourth-order valence-electron chi connectivity index (χ4n) is 0.815. The summed E-state index contributed by atoms with van der Waals surface area (Å²) in [5, 5.41) is 2.68. The van der Waals surface area contributed by atoms with Gasteiger partial charge in [-0.25, -0.2) is 0 Å². The topological polar surface area (TPSA) is 68.0 Å². The van der Waals surface area contributed by atoms with Gasteiger partial charge in [-0.2, -0.15) is 0 Å². The number of aromatic nitrogens is 1. The van der Waals surface area contributed by atoms with Gasteiger partial charge in [-0.1, -0.05) is 12.2 Å². The van der Waals surface area contributed by atoms with Crippen molar-refractivity contribution in [3.05, 3.63) is 24.5 Å². The van der Waals surface area contributed by atoms with E-state index in [-0.39, 0.29) is 10.9 Å². The van der Waals surface area contributed by atoms with Crippen molar-refractivity contribution in [3.63, 3.8) is 0 Å². The monoisotopic (exact) mass is 209 g/mol. The molecule has 0 aliphatic rings. The van der Waals surface area contributed by atoms with Crippen molar-refractivity contribution < 1.29 is 4.79 Å². The van der Waals surface area contributed by atoms with Crippen LogP contribution in [0.1, 0.15) is 6.92 Å². The van der Waals surface area contributed by atoms with Gasteiger partial charge in [0.05, 0.1) is 10.9 Å². The van der Waals surface area contributed by atoms with E-state index in [1.807, 2.05) is 0 Å². The Bertz CT molecular complexity index is 339. The van der Waals surface area contributed by atoms with Crippen LogP contribution in [-0.2, 0) is 4.79 Å². The van der Waals surface area contributed by atoms with Crippen LogP contribution in [0.3, 0.4) is 0 Å². The van der Waals surface area contributed by atoms with Gasteiger partial charge in [-0.3, -0.25) is 9.78 Å². The van der Waals surface area contributed by atoms with Gasteiger partial charge in [-0.05, 0) is 19.1 Å². The van der Waals surface area contributed by atoms with Gasteiger partial charge >= 0.3 is 0 Å². The van der Waals surface area contributed by atoms with Crippen LogP contribution in [0.4, 0.5) is 5.69 Å². The third-order valence-corrected chi connectivity index (χ3v) is 2.12. The Labute approximate surface area is 87.5 Å². The average molecular weight is 209 g/mol. The summed E-state index contributed by atoms with van der Waals surface area (Å²) in [6.07, 6.45) is 3.20. The van der Waals surface area contributed by atoms with Crippen LogP contribution in [0.5, 0.6) is 0 Å². The van der Waals surface area contributed by atoms with Crippen LogP contribution < -0.4 is 11.1 Å². The van der Waals surface area contributed by atoms with Gasteiger partial charge < -0.3 is 11.1 Å². The van der Waals surface area contributed by atoms with E-state index < -0.39 is 5.92 Å². The minimum atomic E-state index is -0.460. The smallest absolute Gasteiger partial charge is 0.234 e. The van der Waals surface area contributed by atoms with Crippen molar-refractivity contribution in [2.75, 3.05) is 5.32 Å². The Morgan fingerprint density at radius 1 is 1.57 bits per heavy atom. The summed E-state index contributed by atoms with van der Waals surface area (Å²) >= 11 is 4.72. The number of anilines is 1. The molecule has 1 aromatic heterocycles. The van der Waals surface area contributed by atoms with Crippen LogP contribution in [0, 0.1) is 5.92 Å². The number of thiocarbonyl (C=S) groups is 1. The molecule has 5 heteroatoms. The molecular formula is C9H11N3OS. The van der Waals surface area contributed by atoms with Crippen molar-refractivity contribution in [2.45, 2.75) is 6.92 Å². The molecule has 1 amide bonds. The Morgan fingerprint density at radius 2 is 2.14 bits per heavy atom. The second-order valence-electron chi connectivity index (χ2n) is 2.85. The van der Waals surface area contributed by atoms with Crippen LogP contribution in [0.2, 0.25) is 0 Å². The number of carbonyl (C=O) groups excluding carboxylic acids is 1. The molecule has 0 radical (unpaired) electrons. The van der Waals surface area contributed by atoms with E-state index in [4.69, 9.17) is 18.0 Å². The van der Waals surface area contributed by atoms with E-state index in [2.05, 4.69) is 10.3 Å². The Balaban J connectivity index is 2.62. The normalized spacial score (nSPS) is 11.8. The number of nitrogens with two attached hydrogens (primary N) is 1. The molecule has 1 aromatic rings. The highest BCUT2D eigenvalue weighted by molar-refractivity contribution is 7.80. The number of carbonyl (C=O) groups is 1. The first-order valence-electron chi connectivity index (χ1n) is 4.11. The quantitative estimate of drug-likeness (QED) is 0.727. The van der Waals surface area contributed by atoms with Gasteiger partial charge in [-0.15, -0.1) is 0 Å². The zero-order valence-corrected chi connectivity index (χ0v) is 8.54. The van der Waals surface area contributed by atoms with E-state index in [0.29, 0.717) is 5.69 Å². The highest BCUT2D eigenvalue weighted by Gasteiger charge is 2.14. The predicted octanol–water partition coefficient (Wildman–Crippen LogP) is 0.942. The van der Waals surface area contributed by atoms with Crippen molar-refractivity contribution in [2.24, 2.45) is 11.7 Å². The maximum absolute atomic E-state index is 11.5. The molecular weight excluding hydrogens is 198 g/mol. The lowest BCUT2D eigenvalue weighted by atomic mass is 10.1. The van der Waals surface area contributed by atoms with Gasteiger partial charge in [0.15, 0.2) is 0 Å². The second kappa shape index (κ2) is 4.66. The number of hydrogen-bond donors (Lipinski definition) is 2. The lowest BCUT2D eigenvalue weighted by Crippen LogP contribution is -2.30. The number of hydrogen-bond acceptors (Lipinski definition) is 3. The summed E-state index contributed by atoms with van der Waals surface area (Å²) in [5.41, 5.74) is 6.04. The van der Waals surface area contributed by atoms with Gasteiger partial charge in [0.25, 0.3) is 0 Å². The Hall–Kier alpha value is -1.49. The highest BCUT2D eigenvalue weighted by atomic mass is 32.1. The zero-order chi connectivity index (χ0) is 10.6. The minimum Gasteiger partial charge on any atom is -0.393 e. The highest BCUT2D eigenvalue weighted by Crippen LogP contribution is 2.06. The molecule has 0 aromatic carbocycles. The number of amides is 1. The molecule has 1 atom stereocenters. The molecule has 0 saturated heterocycles. The molecule has 1 heterocycles. The summed E-state index contributed by atoms with van der Waals surface area (Å²) in [6.45, 7) is 1.67. The SMILES string of the molecule is CC(C(=O)Nc1ccncc1)C(N)=S. The number of pyridine rings is 1. The first-order chi connectivity index (χ1) is 6.61. The van der Waals surface area contributed by atoms with E-state index in [9.17, 15) is 4.79 Å². The molecule has 0 saturated carbocycles. The Kier molecular flexibility index (Phi) is 3.53. The molecule has 1 rings (SSSR count). The van der Waals surface area contributed by atoms with E-state index in [1.54, 1.807) is 31.5 Å². The van der Waals surface area contributed by atoms with Crippen LogP contribution in [0.25, 0.3) is 0 Å². The maximum atomic E-state index is 11.5. The first-order valence-corrected chi connectivity index (χ1v) is 4.52. The minimum absolute atomic E-state index is 0.191. The average Bonchev–Trinajstić information content (AvgIpc) is 2.18. The molecule has 14 heavy (non-hydrogen) atoms. The molecule has 0 spiro atoms. The summed E-state index contributed by atoms with van der Waals surface area (Å²) in [6, 6.07) is 3.40. The van der Waals surface area contributed by atoms with Crippen molar-refractivity contribution >= 4 is 28.8 Å². The Morgan fingerprint density at radius 3 is 2.64 bits per heavy atom. The lowest BCUT2D eigenvalue weighted by Gasteiger charge is -2.09. The van der Waals surface area contributed by atoms with E-state index >= 15 is 0 Å². The zero-order valence-electron chi connectivity index (χ0n) is 7.73. The largest absolute Gasteiger partial charge is 0.393 e. The van der Waals surface area contributed by atoms with E-state index in [1.165, 1.54) is 0 Å². The van der Waals surface area contributed by atoms with Crippen molar-refractivity contribution in [1.29, 1.82) is 0 Å². The summed E-state index contributed by atoms with van der Waals surface area (Å²) in [5.74, 6) is -0.665. The molecule has 74 valence electrons. The van der Waals surface area contributed by atoms with E-state index in [0.717, 1.165) is 0 Å². The first kappa shape index (κ1) is 10.6. The van der Waals surface area contributed by atoms with Crippen LogP contribution in [0.15, 0.2) is 24.5 Å². The third kappa shape index (κ3) is 2.77. The van der Waals surface area contributed by atoms with Gasteiger partial charge in [0.1, 0.15) is 0 Å². The molecule has 3 N–H and O–H groups in total. The summed E-state index contributed by atoms with van der Waals surface area (Å²) in [7, 11) is 0. The number of nitrogens with one attached hydrogen (secondary N) is 1. The fourth-order valence-corrected chi connectivity index (χ4v) is 0.922.